The van der Waals surface area contributed by atoms with E-state index in [0.717, 1.165) is 22.3 Å². The molecule has 1 saturated heterocycles. The van der Waals surface area contributed by atoms with Crippen LogP contribution in [0.2, 0.25) is 0 Å². The van der Waals surface area contributed by atoms with Crippen molar-refractivity contribution in [1.29, 1.82) is 0 Å². The molecule has 0 bridgehead atoms. The Balaban J connectivity index is 1.22. The van der Waals surface area contributed by atoms with E-state index in [2.05, 4.69) is 4.90 Å². The number of carbonyl (C=O) groups is 2. The maximum Gasteiger partial charge on any atom is 0.308 e. The molecule has 2 aromatic carbocycles. The SMILES string of the molecule is COc1ccccc1N1CCN(C(=O)COC(=O)CCn2ccc3ccccc32)CC1. The molecule has 0 unspecified atom stereocenters. The first-order valence-corrected chi connectivity index (χ1v) is 10.5. The lowest BCUT2D eigenvalue weighted by Gasteiger charge is -2.36. The van der Waals surface area contributed by atoms with Gasteiger partial charge in [-0.25, -0.2) is 0 Å². The number of aromatic nitrogens is 1. The maximum absolute atomic E-state index is 12.5. The van der Waals surface area contributed by atoms with Gasteiger partial charge in [0.2, 0.25) is 0 Å². The molecule has 0 atom stereocenters. The van der Waals surface area contributed by atoms with E-state index in [0.29, 0.717) is 32.7 Å². The summed E-state index contributed by atoms with van der Waals surface area (Å²) < 4.78 is 12.7. The number of esters is 1. The molecule has 7 nitrogen and oxygen atoms in total. The second kappa shape index (κ2) is 9.55. The minimum atomic E-state index is -0.362. The third-order valence-electron chi connectivity index (χ3n) is 5.65. The number of para-hydroxylation sites is 3. The van der Waals surface area contributed by atoms with Crippen LogP contribution in [0.4, 0.5) is 5.69 Å². The summed E-state index contributed by atoms with van der Waals surface area (Å²) in [6, 6.07) is 17.9. The zero-order chi connectivity index (χ0) is 21.6. The van der Waals surface area contributed by atoms with Crippen molar-refractivity contribution in [1.82, 2.24) is 9.47 Å². The molecule has 7 heteroatoms. The monoisotopic (exact) mass is 421 g/mol. The van der Waals surface area contributed by atoms with E-state index in [1.165, 1.54) is 0 Å². The normalized spacial score (nSPS) is 14.0. The molecule has 0 aliphatic carbocycles. The van der Waals surface area contributed by atoms with Crippen LogP contribution in [0.25, 0.3) is 10.9 Å². The lowest BCUT2D eigenvalue weighted by atomic mass is 10.2. The third kappa shape index (κ3) is 4.82. The van der Waals surface area contributed by atoms with Gasteiger partial charge in [0.25, 0.3) is 5.91 Å². The Hall–Kier alpha value is -3.48. The number of anilines is 1. The van der Waals surface area contributed by atoms with Crippen LogP contribution in [-0.2, 0) is 20.9 Å². The first-order valence-electron chi connectivity index (χ1n) is 10.5. The summed E-state index contributed by atoms with van der Waals surface area (Å²) in [7, 11) is 1.66. The summed E-state index contributed by atoms with van der Waals surface area (Å²) in [5.74, 6) is 0.310. The number of ether oxygens (including phenoxy) is 2. The lowest BCUT2D eigenvalue weighted by molar-refractivity contribution is -0.152. The van der Waals surface area contributed by atoms with Crippen molar-refractivity contribution in [3.05, 3.63) is 60.8 Å². The standard InChI is InChI=1S/C24H27N3O4/c1-30-22-9-5-4-8-21(22)26-14-16-27(17-15-26)23(28)18-31-24(29)11-13-25-12-10-19-6-2-3-7-20(19)25/h2-10,12H,11,13-18H2,1H3. The first-order chi connectivity index (χ1) is 15.2. The van der Waals surface area contributed by atoms with Crippen LogP contribution in [0.5, 0.6) is 5.75 Å². The molecule has 0 N–H and O–H groups in total. The number of amides is 1. The molecule has 31 heavy (non-hydrogen) atoms. The van der Waals surface area contributed by atoms with Gasteiger partial charge in [-0.3, -0.25) is 9.59 Å². The Morgan fingerprint density at radius 1 is 0.935 bits per heavy atom. The van der Waals surface area contributed by atoms with Gasteiger partial charge in [-0.15, -0.1) is 0 Å². The zero-order valence-corrected chi connectivity index (χ0v) is 17.7. The van der Waals surface area contributed by atoms with Gasteiger partial charge < -0.3 is 23.8 Å². The number of hydrogen-bond acceptors (Lipinski definition) is 5. The number of fused-ring (bicyclic) bond motifs is 1. The molecular weight excluding hydrogens is 394 g/mol. The van der Waals surface area contributed by atoms with Crippen LogP contribution >= 0.6 is 0 Å². The maximum atomic E-state index is 12.5. The molecule has 1 aromatic heterocycles. The number of carbonyl (C=O) groups excluding carboxylic acids is 2. The third-order valence-corrected chi connectivity index (χ3v) is 5.65. The molecule has 1 aliphatic rings. The Morgan fingerprint density at radius 2 is 1.68 bits per heavy atom. The summed E-state index contributed by atoms with van der Waals surface area (Å²) in [5.41, 5.74) is 2.11. The smallest absolute Gasteiger partial charge is 0.308 e. The number of aryl methyl sites for hydroxylation is 1. The highest BCUT2D eigenvalue weighted by molar-refractivity contribution is 5.82. The van der Waals surface area contributed by atoms with E-state index in [1.807, 2.05) is 65.4 Å². The fourth-order valence-corrected chi connectivity index (χ4v) is 3.94. The van der Waals surface area contributed by atoms with Crippen molar-refractivity contribution in [2.24, 2.45) is 0 Å². The number of nitrogens with zero attached hydrogens (tertiary/aromatic N) is 3. The van der Waals surface area contributed by atoms with Gasteiger partial charge in [-0.05, 0) is 29.7 Å². The summed E-state index contributed by atoms with van der Waals surface area (Å²) in [5, 5.41) is 1.14. The average molecular weight is 421 g/mol. The number of rotatable bonds is 7. The van der Waals surface area contributed by atoms with E-state index in [4.69, 9.17) is 9.47 Å². The van der Waals surface area contributed by atoms with Gasteiger partial charge in [-0.2, -0.15) is 0 Å². The van der Waals surface area contributed by atoms with Gasteiger partial charge in [0.05, 0.1) is 19.2 Å². The van der Waals surface area contributed by atoms with Crippen LogP contribution < -0.4 is 9.64 Å². The Morgan fingerprint density at radius 3 is 2.48 bits per heavy atom. The molecule has 0 saturated carbocycles. The molecule has 162 valence electrons. The first kappa shape index (κ1) is 20.8. The van der Waals surface area contributed by atoms with Crippen molar-refractivity contribution in [2.45, 2.75) is 13.0 Å². The lowest BCUT2D eigenvalue weighted by Crippen LogP contribution is -2.50. The van der Waals surface area contributed by atoms with Crippen LogP contribution in [0.3, 0.4) is 0 Å². The minimum absolute atomic E-state index is 0.153. The summed E-state index contributed by atoms with van der Waals surface area (Å²) in [4.78, 5) is 28.6. The van der Waals surface area contributed by atoms with Crippen LogP contribution in [0.1, 0.15) is 6.42 Å². The van der Waals surface area contributed by atoms with Crippen molar-refractivity contribution in [2.75, 3.05) is 44.8 Å². The fourth-order valence-electron chi connectivity index (χ4n) is 3.94. The summed E-state index contributed by atoms with van der Waals surface area (Å²) in [6.07, 6.45) is 2.19. The van der Waals surface area contributed by atoms with Crippen LogP contribution in [0.15, 0.2) is 60.8 Å². The average Bonchev–Trinajstić information content (AvgIpc) is 3.24. The predicted molar refractivity (Wildman–Crippen MR) is 119 cm³/mol. The molecule has 1 amide bonds. The fraction of sp³-hybridized carbons (Fsp3) is 0.333. The number of benzene rings is 2. The van der Waals surface area contributed by atoms with Crippen LogP contribution in [0, 0.1) is 0 Å². The molecule has 1 aliphatic heterocycles. The Bertz CT molecular complexity index is 1050. The second-order valence-corrected chi connectivity index (χ2v) is 7.52. The Labute approximate surface area is 181 Å². The molecule has 2 heterocycles. The molecule has 0 radical (unpaired) electrons. The Kier molecular flexibility index (Phi) is 6.40. The zero-order valence-electron chi connectivity index (χ0n) is 17.7. The molecule has 4 rings (SSSR count). The highest BCUT2D eigenvalue weighted by atomic mass is 16.5. The number of methoxy groups -OCH3 is 1. The second-order valence-electron chi connectivity index (χ2n) is 7.52. The van der Waals surface area contributed by atoms with Crippen LogP contribution in [-0.4, -0.2) is 61.2 Å². The number of hydrogen-bond donors (Lipinski definition) is 0. The van der Waals surface area contributed by atoms with Gasteiger partial charge in [0.1, 0.15) is 5.75 Å². The van der Waals surface area contributed by atoms with E-state index in [9.17, 15) is 9.59 Å². The number of piperazine rings is 1. The minimum Gasteiger partial charge on any atom is -0.495 e. The molecule has 0 spiro atoms. The van der Waals surface area contributed by atoms with Gasteiger partial charge in [0, 0.05) is 44.4 Å². The quantitative estimate of drug-likeness (QED) is 0.549. The van der Waals surface area contributed by atoms with Gasteiger partial charge >= 0.3 is 5.97 Å². The summed E-state index contributed by atoms with van der Waals surface area (Å²) >= 11 is 0. The van der Waals surface area contributed by atoms with E-state index >= 15 is 0 Å². The highest BCUT2D eigenvalue weighted by Crippen LogP contribution is 2.28. The van der Waals surface area contributed by atoms with E-state index < -0.39 is 0 Å². The van der Waals surface area contributed by atoms with Gasteiger partial charge in [0.15, 0.2) is 6.61 Å². The highest BCUT2D eigenvalue weighted by Gasteiger charge is 2.23. The topological polar surface area (TPSA) is 64.0 Å². The molecule has 3 aromatic rings. The van der Waals surface area contributed by atoms with E-state index in [1.54, 1.807) is 12.0 Å². The van der Waals surface area contributed by atoms with Crippen molar-refractivity contribution in [3.63, 3.8) is 0 Å². The largest absolute Gasteiger partial charge is 0.495 e. The predicted octanol–water partition coefficient (Wildman–Crippen LogP) is 2.93. The molecule has 1 fully saturated rings. The van der Waals surface area contributed by atoms with Crippen molar-refractivity contribution in [3.8, 4) is 5.75 Å². The van der Waals surface area contributed by atoms with Gasteiger partial charge in [-0.1, -0.05) is 30.3 Å². The molecular formula is C24H27N3O4. The van der Waals surface area contributed by atoms with E-state index in [-0.39, 0.29) is 24.9 Å². The van der Waals surface area contributed by atoms with Crippen molar-refractivity contribution < 1.29 is 19.1 Å². The van der Waals surface area contributed by atoms with Crippen molar-refractivity contribution >= 4 is 28.5 Å². The summed E-state index contributed by atoms with van der Waals surface area (Å²) in [6.45, 7) is 2.91.